The average Bonchev–Trinajstić information content (AvgIpc) is 2.88. The third kappa shape index (κ3) is 2.79. The molecule has 22 heavy (non-hydrogen) atoms. The maximum Gasteiger partial charge on any atom is 0.435 e. The molecule has 2 rings (SSSR count). The Morgan fingerprint density at radius 1 is 1.36 bits per heavy atom. The van der Waals surface area contributed by atoms with E-state index in [1.54, 1.807) is 6.07 Å². The van der Waals surface area contributed by atoms with Crippen LogP contribution in [0.5, 0.6) is 0 Å². The Kier molecular flexibility index (Phi) is 4.17. The molecule has 0 amide bonds. The van der Waals surface area contributed by atoms with E-state index in [9.17, 15) is 18.0 Å². The molecular formula is C14H10F3N3O2. The zero-order valence-corrected chi connectivity index (χ0v) is 11.4. The number of halogens is 3. The van der Waals surface area contributed by atoms with Gasteiger partial charge in [0.1, 0.15) is 0 Å². The van der Waals surface area contributed by atoms with Gasteiger partial charge in [-0.3, -0.25) is 0 Å². The fraction of sp³-hybridized carbons (Fsp3) is 0.214. The summed E-state index contributed by atoms with van der Waals surface area (Å²) < 4.78 is 44.6. The maximum atomic E-state index is 13.2. The van der Waals surface area contributed by atoms with Gasteiger partial charge in [-0.2, -0.15) is 28.2 Å². The van der Waals surface area contributed by atoms with Crippen LogP contribution in [0.2, 0.25) is 0 Å². The molecule has 0 fully saturated rings. The SMILES string of the molecule is CCOC(=O)c1c(-c2ccccc2)c(C(F)(F)F)nn1C#N. The quantitative estimate of drug-likeness (QED) is 0.817. The van der Waals surface area contributed by atoms with Gasteiger partial charge in [-0.25, -0.2) is 4.79 Å². The van der Waals surface area contributed by atoms with Gasteiger partial charge in [0.15, 0.2) is 11.4 Å². The Morgan fingerprint density at radius 2 is 2.00 bits per heavy atom. The van der Waals surface area contributed by atoms with E-state index < -0.39 is 29.1 Å². The standard InChI is InChI=1S/C14H10F3N3O2/c1-2-22-13(21)11-10(9-6-4-3-5-7-9)12(14(15,16)17)19-20(11)8-18/h3-7H,2H2,1H3. The highest BCUT2D eigenvalue weighted by atomic mass is 19.4. The summed E-state index contributed by atoms with van der Waals surface area (Å²) in [6, 6.07) is 7.46. The molecule has 0 aliphatic rings. The number of aromatic nitrogens is 2. The van der Waals surface area contributed by atoms with Crippen LogP contribution < -0.4 is 0 Å². The lowest BCUT2D eigenvalue weighted by atomic mass is 10.0. The highest BCUT2D eigenvalue weighted by Crippen LogP contribution is 2.38. The molecule has 0 aliphatic heterocycles. The molecular weight excluding hydrogens is 299 g/mol. The third-order valence-electron chi connectivity index (χ3n) is 2.78. The monoisotopic (exact) mass is 309 g/mol. The Hall–Kier alpha value is -2.82. The predicted molar refractivity (Wildman–Crippen MR) is 69.6 cm³/mol. The number of nitrogens with zero attached hydrogens (tertiary/aromatic N) is 3. The molecule has 0 saturated heterocycles. The Balaban J connectivity index is 2.79. The largest absolute Gasteiger partial charge is 0.461 e. The molecule has 0 bridgehead atoms. The number of alkyl halides is 3. The third-order valence-corrected chi connectivity index (χ3v) is 2.78. The summed E-state index contributed by atoms with van der Waals surface area (Å²) in [5.41, 5.74) is -2.18. The zero-order valence-electron chi connectivity index (χ0n) is 11.4. The van der Waals surface area contributed by atoms with Crippen LogP contribution >= 0.6 is 0 Å². The summed E-state index contributed by atoms with van der Waals surface area (Å²) in [5.74, 6) is -1.04. The summed E-state index contributed by atoms with van der Waals surface area (Å²) >= 11 is 0. The van der Waals surface area contributed by atoms with Crippen molar-refractivity contribution >= 4 is 5.97 Å². The van der Waals surface area contributed by atoms with Crippen LogP contribution in [0.15, 0.2) is 30.3 Å². The minimum absolute atomic E-state index is 0.0367. The normalized spacial score (nSPS) is 11.0. The minimum Gasteiger partial charge on any atom is -0.461 e. The van der Waals surface area contributed by atoms with Crippen LogP contribution in [-0.2, 0) is 10.9 Å². The van der Waals surface area contributed by atoms with E-state index in [1.807, 2.05) is 0 Å². The van der Waals surface area contributed by atoms with Crippen molar-refractivity contribution in [2.75, 3.05) is 6.61 Å². The topological polar surface area (TPSA) is 67.9 Å². The number of carbonyl (C=O) groups excluding carboxylic acids is 1. The molecule has 0 N–H and O–H groups in total. The van der Waals surface area contributed by atoms with E-state index in [1.165, 1.54) is 37.4 Å². The van der Waals surface area contributed by atoms with Crippen LogP contribution in [0.25, 0.3) is 11.1 Å². The van der Waals surface area contributed by atoms with Gasteiger partial charge in [0.25, 0.3) is 0 Å². The number of rotatable bonds is 3. The van der Waals surface area contributed by atoms with E-state index in [0.29, 0.717) is 4.68 Å². The van der Waals surface area contributed by atoms with Crippen LogP contribution in [0, 0.1) is 11.5 Å². The van der Waals surface area contributed by atoms with Crippen molar-refractivity contribution in [3.8, 4) is 17.3 Å². The van der Waals surface area contributed by atoms with Crippen LogP contribution in [0.4, 0.5) is 13.2 Å². The summed E-state index contributed by atoms with van der Waals surface area (Å²) in [7, 11) is 0. The second-order valence-corrected chi connectivity index (χ2v) is 4.17. The first kappa shape index (κ1) is 15.6. The number of carbonyl (C=O) groups is 1. The number of hydrogen-bond donors (Lipinski definition) is 0. The van der Waals surface area contributed by atoms with E-state index in [4.69, 9.17) is 10.00 Å². The molecule has 114 valence electrons. The molecule has 0 atom stereocenters. The van der Waals surface area contributed by atoms with Crippen molar-refractivity contribution < 1.29 is 22.7 Å². The molecule has 1 heterocycles. The molecule has 0 aliphatic carbocycles. The second kappa shape index (κ2) is 5.89. The fourth-order valence-corrected chi connectivity index (χ4v) is 1.96. The van der Waals surface area contributed by atoms with Gasteiger partial charge in [-0.15, -0.1) is 0 Å². The number of benzene rings is 1. The molecule has 1 aromatic heterocycles. The van der Waals surface area contributed by atoms with Crippen molar-refractivity contribution in [2.24, 2.45) is 0 Å². The minimum atomic E-state index is -4.81. The van der Waals surface area contributed by atoms with E-state index in [-0.39, 0.29) is 12.2 Å². The van der Waals surface area contributed by atoms with Crippen molar-refractivity contribution in [1.29, 1.82) is 5.26 Å². The number of hydrogen-bond acceptors (Lipinski definition) is 4. The van der Waals surface area contributed by atoms with Crippen molar-refractivity contribution in [3.05, 3.63) is 41.7 Å². The number of nitriles is 1. The van der Waals surface area contributed by atoms with Gasteiger partial charge < -0.3 is 4.74 Å². The fourth-order valence-electron chi connectivity index (χ4n) is 1.96. The summed E-state index contributed by atoms with van der Waals surface area (Å²) in [6.07, 6.45) is -3.37. The lowest BCUT2D eigenvalue weighted by Gasteiger charge is -2.08. The number of ether oxygens (including phenoxy) is 1. The first-order valence-electron chi connectivity index (χ1n) is 6.23. The molecule has 5 nitrogen and oxygen atoms in total. The lowest BCUT2D eigenvalue weighted by molar-refractivity contribution is -0.140. The van der Waals surface area contributed by atoms with E-state index >= 15 is 0 Å². The first-order chi connectivity index (χ1) is 10.4. The van der Waals surface area contributed by atoms with Gasteiger partial charge in [0.2, 0.25) is 6.19 Å². The summed E-state index contributed by atoms with van der Waals surface area (Å²) in [6.45, 7) is 1.48. The molecule has 1 aromatic carbocycles. The Bertz CT molecular complexity index is 730. The van der Waals surface area contributed by atoms with Gasteiger partial charge in [0, 0.05) is 5.56 Å². The van der Waals surface area contributed by atoms with Crippen LogP contribution in [-0.4, -0.2) is 22.4 Å². The molecule has 0 spiro atoms. The smallest absolute Gasteiger partial charge is 0.435 e. The van der Waals surface area contributed by atoms with Crippen molar-refractivity contribution in [2.45, 2.75) is 13.1 Å². The number of esters is 1. The van der Waals surface area contributed by atoms with Gasteiger partial charge in [-0.05, 0) is 12.5 Å². The zero-order chi connectivity index (χ0) is 16.3. The van der Waals surface area contributed by atoms with Crippen molar-refractivity contribution in [3.63, 3.8) is 0 Å². The molecule has 0 saturated carbocycles. The predicted octanol–water partition coefficient (Wildman–Crippen LogP) is 3.07. The van der Waals surface area contributed by atoms with Gasteiger partial charge in [0.05, 0.1) is 6.61 Å². The van der Waals surface area contributed by atoms with Crippen LogP contribution in [0.1, 0.15) is 23.1 Å². The first-order valence-corrected chi connectivity index (χ1v) is 6.23. The van der Waals surface area contributed by atoms with Gasteiger partial charge in [-0.1, -0.05) is 30.3 Å². The maximum absolute atomic E-state index is 13.2. The van der Waals surface area contributed by atoms with E-state index in [2.05, 4.69) is 5.10 Å². The lowest BCUT2D eigenvalue weighted by Crippen LogP contribution is -2.11. The van der Waals surface area contributed by atoms with E-state index in [0.717, 1.165) is 0 Å². The highest BCUT2D eigenvalue weighted by molar-refractivity contribution is 5.97. The van der Waals surface area contributed by atoms with Crippen molar-refractivity contribution in [1.82, 2.24) is 9.78 Å². The van der Waals surface area contributed by atoms with Crippen LogP contribution in [0.3, 0.4) is 0 Å². The van der Waals surface area contributed by atoms with Gasteiger partial charge >= 0.3 is 12.1 Å². The molecule has 0 radical (unpaired) electrons. The highest BCUT2D eigenvalue weighted by Gasteiger charge is 2.41. The summed E-state index contributed by atoms with van der Waals surface area (Å²) in [5, 5.41) is 12.2. The molecule has 0 unspecified atom stereocenters. The molecule has 2 aromatic rings. The summed E-state index contributed by atoms with van der Waals surface area (Å²) in [4.78, 5) is 12.0. The Morgan fingerprint density at radius 3 is 2.50 bits per heavy atom. The average molecular weight is 309 g/mol. The Labute approximate surface area is 123 Å². The molecule has 8 heteroatoms. The second-order valence-electron chi connectivity index (χ2n) is 4.17.